The lowest BCUT2D eigenvalue weighted by Crippen LogP contribution is -2.05. The third-order valence-corrected chi connectivity index (χ3v) is 3.25. The van der Waals surface area contributed by atoms with E-state index in [1.165, 1.54) is 0 Å². The average molecular weight is 273 g/mol. The maximum absolute atomic E-state index is 5.97. The first-order valence-corrected chi connectivity index (χ1v) is 6.49. The number of benzene rings is 2. The van der Waals surface area contributed by atoms with E-state index in [9.17, 15) is 0 Å². The van der Waals surface area contributed by atoms with Crippen molar-refractivity contribution in [3.05, 3.63) is 65.2 Å². The quantitative estimate of drug-likeness (QED) is 0.851. The summed E-state index contributed by atoms with van der Waals surface area (Å²) in [6.07, 6.45) is 0. The minimum Gasteiger partial charge on any atom is -0.388 e. The van der Waals surface area contributed by atoms with Crippen molar-refractivity contribution >= 4 is 28.7 Å². The Morgan fingerprint density at radius 2 is 1.84 bits per heavy atom. The topological polar surface area (TPSA) is 24.1 Å². The first kappa shape index (κ1) is 13.5. The fraction of sp³-hybridized carbons (Fsp3) is 0.125. The zero-order chi connectivity index (χ0) is 13.8. The molecular weight excluding hydrogens is 256 g/mol. The molecule has 2 aromatic carbocycles. The monoisotopic (exact) mass is 272 g/mol. The number of hydrogen-bond donors (Lipinski definition) is 2. The van der Waals surface area contributed by atoms with Gasteiger partial charge in [-0.25, -0.2) is 0 Å². The van der Waals surface area contributed by atoms with Crippen molar-refractivity contribution in [2.24, 2.45) is 0 Å². The second kappa shape index (κ2) is 5.81. The van der Waals surface area contributed by atoms with Crippen molar-refractivity contribution in [2.75, 3.05) is 12.4 Å². The molecule has 0 aliphatic heterocycles. The Hall–Kier alpha value is -1.93. The van der Waals surface area contributed by atoms with Gasteiger partial charge in [-0.05, 0) is 36.8 Å². The molecule has 19 heavy (non-hydrogen) atoms. The van der Waals surface area contributed by atoms with Gasteiger partial charge in [0.1, 0.15) is 0 Å². The Labute approximate surface area is 119 Å². The van der Waals surface area contributed by atoms with Crippen LogP contribution >= 0.6 is 11.6 Å². The summed E-state index contributed by atoms with van der Waals surface area (Å²) in [4.78, 5) is 0. The van der Waals surface area contributed by atoms with E-state index in [2.05, 4.69) is 17.2 Å². The third-order valence-electron chi connectivity index (χ3n) is 3.01. The molecule has 0 aromatic heterocycles. The summed E-state index contributed by atoms with van der Waals surface area (Å²) < 4.78 is 0. The van der Waals surface area contributed by atoms with Crippen LogP contribution in [0.3, 0.4) is 0 Å². The summed E-state index contributed by atoms with van der Waals surface area (Å²) in [5.74, 6) is 0. The summed E-state index contributed by atoms with van der Waals surface area (Å²) in [5.41, 5.74) is 5.11. The van der Waals surface area contributed by atoms with Gasteiger partial charge in [-0.15, -0.1) is 0 Å². The van der Waals surface area contributed by atoms with Gasteiger partial charge in [-0.3, -0.25) is 0 Å². The Bertz CT molecular complexity index is 605. The lowest BCUT2D eigenvalue weighted by atomic mass is 10.1. The zero-order valence-corrected chi connectivity index (χ0v) is 11.9. The van der Waals surface area contributed by atoms with Crippen LogP contribution in [0.2, 0.25) is 5.02 Å². The number of nitrogens with one attached hydrogen (secondary N) is 2. The Morgan fingerprint density at radius 1 is 1.11 bits per heavy atom. The highest BCUT2D eigenvalue weighted by atomic mass is 35.5. The highest BCUT2D eigenvalue weighted by molar-refractivity contribution is 6.30. The molecule has 0 bridgehead atoms. The number of para-hydroxylation sites is 1. The summed E-state index contributed by atoms with van der Waals surface area (Å²) in [6, 6.07) is 13.9. The molecule has 0 amide bonds. The van der Waals surface area contributed by atoms with Crippen LogP contribution in [0.5, 0.6) is 0 Å². The minimum absolute atomic E-state index is 0.746. The predicted octanol–water partition coefficient (Wildman–Crippen LogP) is 4.58. The van der Waals surface area contributed by atoms with Crippen molar-refractivity contribution < 1.29 is 0 Å². The van der Waals surface area contributed by atoms with Crippen molar-refractivity contribution in [3.63, 3.8) is 0 Å². The van der Waals surface area contributed by atoms with Gasteiger partial charge in [0.05, 0.1) is 0 Å². The fourth-order valence-corrected chi connectivity index (χ4v) is 2.13. The van der Waals surface area contributed by atoms with Crippen LogP contribution < -0.4 is 10.6 Å². The Balaban J connectivity index is 2.35. The van der Waals surface area contributed by atoms with Crippen LogP contribution in [0.15, 0.2) is 49.0 Å². The van der Waals surface area contributed by atoms with E-state index in [4.69, 9.17) is 11.6 Å². The fourth-order valence-electron chi connectivity index (χ4n) is 1.90. The number of rotatable bonds is 4. The molecule has 0 saturated heterocycles. The molecule has 0 heterocycles. The summed E-state index contributed by atoms with van der Waals surface area (Å²) in [6.45, 7) is 6.04. The van der Waals surface area contributed by atoms with Crippen molar-refractivity contribution in [3.8, 4) is 0 Å². The summed E-state index contributed by atoms with van der Waals surface area (Å²) >= 11 is 5.97. The van der Waals surface area contributed by atoms with E-state index in [1.807, 2.05) is 56.4 Å². The second-order valence-corrected chi connectivity index (χ2v) is 4.79. The molecule has 0 aliphatic rings. The van der Waals surface area contributed by atoms with E-state index < -0.39 is 0 Å². The average Bonchev–Trinajstić information content (AvgIpc) is 2.41. The van der Waals surface area contributed by atoms with Gasteiger partial charge in [0.25, 0.3) is 0 Å². The van der Waals surface area contributed by atoms with E-state index in [0.29, 0.717) is 0 Å². The molecule has 0 unspecified atom stereocenters. The molecule has 0 radical (unpaired) electrons. The number of halogens is 1. The second-order valence-electron chi connectivity index (χ2n) is 4.36. The zero-order valence-electron chi connectivity index (χ0n) is 11.1. The number of anilines is 2. The molecule has 0 aliphatic carbocycles. The van der Waals surface area contributed by atoms with Crippen molar-refractivity contribution in [2.45, 2.75) is 6.92 Å². The Kier molecular flexibility index (Phi) is 4.13. The van der Waals surface area contributed by atoms with Crippen LogP contribution in [-0.4, -0.2) is 7.05 Å². The largest absolute Gasteiger partial charge is 0.388 e. The van der Waals surface area contributed by atoms with Gasteiger partial charge in [0.2, 0.25) is 0 Å². The first-order valence-electron chi connectivity index (χ1n) is 6.11. The third kappa shape index (κ3) is 3.09. The van der Waals surface area contributed by atoms with E-state index >= 15 is 0 Å². The van der Waals surface area contributed by atoms with E-state index in [0.717, 1.165) is 33.2 Å². The van der Waals surface area contributed by atoms with Crippen LogP contribution in [0.25, 0.3) is 5.70 Å². The van der Waals surface area contributed by atoms with Crippen molar-refractivity contribution in [1.82, 2.24) is 5.32 Å². The van der Waals surface area contributed by atoms with Crippen LogP contribution in [-0.2, 0) is 0 Å². The van der Waals surface area contributed by atoms with Crippen molar-refractivity contribution in [1.29, 1.82) is 0 Å². The first-order chi connectivity index (χ1) is 9.11. The molecule has 0 spiro atoms. The molecule has 0 atom stereocenters. The van der Waals surface area contributed by atoms with Gasteiger partial charge in [-0.2, -0.15) is 0 Å². The summed E-state index contributed by atoms with van der Waals surface area (Å²) in [7, 11) is 1.87. The van der Waals surface area contributed by atoms with Gasteiger partial charge in [-0.1, -0.05) is 36.4 Å². The van der Waals surface area contributed by atoms with E-state index in [1.54, 1.807) is 0 Å². The van der Waals surface area contributed by atoms with Gasteiger partial charge in [0.15, 0.2) is 0 Å². The Morgan fingerprint density at radius 3 is 2.53 bits per heavy atom. The number of aryl methyl sites for hydroxylation is 1. The van der Waals surface area contributed by atoms with Crippen LogP contribution in [0.1, 0.15) is 11.1 Å². The minimum atomic E-state index is 0.746. The standard InChI is InChI=1S/C16H17ClN2/c1-11-10-13(17)8-9-15(11)19-16-7-5-4-6-14(16)12(2)18-3/h4-10,18-19H,2H2,1,3H3. The highest BCUT2D eigenvalue weighted by Gasteiger charge is 2.06. The normalized spacial score (nSPS) is 10.1. The maximum Gasteiger partial charge on any atom is 0.0478 e. The number of hydrogen-bond acceptors (Lipinski definition) is 2. The van der Waals surface area contributed by atoms with Crippen LogP contribution in [0, 0.1) is 6.92 Å². The SMILES string of the molecule is C=C(NC)c1ccccc1Nc1ccc(Cl)cc1C. The smallest absolute Gasteiger partial charge is 0.0478 e. The van der Waals surface area contributed by atoms with E-state index in [-0.39, 0.29) is 0 Å². The maximum atomic E-state index is 5.97. The molecule has 0 saturated carbocycles. The van der Waals surface area contributed by atoms with Gasteiger partial charge in [0, 0.05) is 34.7 Å². The molecule has 98 valence electrons. The van der Waals surface area contributed by atoms with Crippen LogP contribution in [0.4, 0.5) is 11.4 Å². The molecule has 2 aromatic rings. The molecule has 2 nitrogen and oxygen atoms in total. The van der Waals surface area contributed by atoms with Gasteiger partial charge >= 0.3 is 0 Å². The molecule has 2 N–H and O–H groups in total. The molecule has 3 heteroatoms. The predicted molar refractivity (Wildman–Crippen MR) is 84.0 cm³/mol. The van der Waals surface area contributed by atoms with Gasteiger partial charge < -0.3 is 10.6 Å². The lowest BCUT2D eigenvalue weighted by Gasteiger charge is -2.15. The highest BCUT2D eigenvalue weighted by Crippen LogP contribution is 2.27. The lowest BCUT2D eigenvalue weighted by molar-refractivity contribution is 1.13. The molecule has 0 fully saturated rings. The molecule has 2 rings (SSSR count). The molecular formula is C16H17ClN2. The summed E-state index contributed by atoms with van der Waals surface area (Å²) in [5, 5.41) is 7.25.